The van der Waals surface area contributed by atoms with Crippen LogP contribution in [-0.4, -0.2) is 10.6 Å². The average molecular weight is 140 g/mol. The number of aromatic nitrogens is 2. The number of amides is 1. The molecule has 1 N–H and O–H groups in total. The summed E-state index contributed by atoms with van der Waals surface area (Å²) in [5.74, 6) is -0.0730. The number of aryl methyl sites for hydroxylation is 1. The van der Waals surface area contributed by atoms with Crippen molar-refractivity contribution in [3.63, 3.8) is 0 Å². The van der Waals surface area contributed by atoms with Crippen LogP contribution in [0.1, 0.15) is 6.92 Å². The summed E-state index contributed by atoms with van der Waals surface area (Å²) in [5, 5.41) is 0. The zero-order chi connectivity index (χ0) is 7.56. The van der Waals surface area contributed by atoms with E-state index in [0.29, 0.717) is 0 Å². The van der Waals surface area contributed by atoms with Gasteiger partial charge in [0.2, 0.25) is 0 Å². The highest BCUT2D eigenvalue weighted by Gasteiger charge is 1.99. The van der Waals surface area contributed by atoms with Crippen molar-refractivity contribution < 1.29 is 9.36 Å². The molecule has 0 aliphatic heterocycles. The molecule has 10 heavy (non-hydrogen) atoms. The molecule has 54 valence electrons. The first-order chi connectivity index (χ1) is 4.68. The van der Waals surface area contributed by atoms with Crippen LogP contribution >= 0.6 is 0 Å². The Morgan fingerprint density at radius 2 is 2.40 bits per heavy atom. The summed E-state index contributed by atoms with van der Waals surface area (Å²) >= 11 is 0. The summed E-state index contributed by atoms with van der Waals surface area (Å²) in [6.45, 7) is 1.47. The topological polar surface area (TPSA) is 37.9 Å². The second-order valence-electron chi connectivity index (χ2n) is 2.15. The summed E-state index contributed by atoms with van der Waals surface area (Å²) in [7, 11) is 1.89. The zero-order valence-electron chi connectivity index (χ0n) is 6.03. The van der Waals surface area contributed by atoms with Gasteiger partial charge in [-0.25, -0.2) is 4.57 Å². The van der Waals surface area contributed by atoms with Crippen molar-refractivity contribution in [3.05, 3.63) is 18.7 Å². The molecule has 4 nitrogen and oxygen atoms in total. The summed E-state index contributed by atoms with van der Waals surface area (Å²) in [5.41, 5.74) is 2.58. The number of carbonyl (C=O) groups is 1. The maximum absolute atomic E-state index is 10.5. The second kappa shape index (κ2) is 2.51. The molecule has 0 aromatic carbocycles. The largest absolute Gasteiger partial charge is 0.272 e. The van der Waals surface area contributed by atoms with E-state index < -0.39 is 0 Å². The van der Waals surface area contributed by atoms with Gasteiger partial charge in [-0.2, -0.15) is 5.43 Å². The zero-order valence-corrected chi connectivity index (χ0v) is 6.03. The lowest BCUT2D eigenvalue weighted by atomic mass is 10.8. The van der Waals surface area contributed by atoms with E-state index in [1.807, 2.05) is 17.8 Å². The molecule has 0 spiro atoms. The Bertz CT molecular complexity index is 241. The molecule has 0 atom stereocenters. The van der Waals surface area contributed by atoms with Crippen molar-refractivity contribution >= 4 is 5.91 Å². The van der Waals surface area contributed by atoms with Gasteiger partial charge in [0.1, 0.15) is 6.20 Å². The van der Waals surface area contributed by atoms with Crippen LogP contribution in [0.3, 0.4) is 0 Å². The van der Waals surface area contributed by atoms with E-state index in [-0.39, 0.29) is 5.91 Å². The van der Waals surface area contributed by atoms with Gasteiger partial charge in [-0.05, 0) is 0 Å². The molecule has 0 saturated heterocycles. The summed E-state index contributed by atoms with van der Waals surface area (Å²) < 4.78 is 3.44. The maximum atomic E-state index is 10.5. The molecule has 0 unspecified atom stereocenters. The van der Waals surface area contributed by atoms with Crippen molar-refractivity contribution in [2.75, 3.05) is 5.43 Å². The maximum Gasteiger partial charge on any atom is 0.267 e. The molecule has 0 fully saturated rings. The molecule has 1 amide bonds. The third-order valence-electron chi connectivity index (χ3n) is 1.06. The van der Waals surface area contributed by atoms with Crippen molar-refractivity contribution in [1.29, 1.82) is 0 Å². The molecule has 0 bridgehead atoms. The van der Waals surface area contributed by atoms with Crippen LogP contribution in [-0.2, 0) is 11.8 Å². The first-order valence-corrected chi connectivity index (χ1v) is 2.99. The minimum Gasteiger partial charge on any atom is -0.272 e. The van der Waals surface area contributed by atoms with Crippen LogP contribution in [0.15, 0.2) is 18.7 Å². The molecular formula is C6H10N3O+. The lowest BCUT2D eigenvalue weighted by molar-refractivity contribution is -0.670. The normalized spacial score (nSPS) is 9.40. The SMILES string of the molecule is CC(=O)Nn1cc[n+](C)c1. The van der Waals surface area contributed by atoms with Crippen LogP contribution in [0.4, 0.5) is 0 Å². The van der Waals surface area contributed by atoms with Gasteiger partial charge in [0.25, 0.3) is 12.2 Å². The highest BCUT2D eigenvalue weighted by atomic mass is 16.2. The molecular weight excluding hydrogens is 130 g/mol. The summed E-state index contributed by atoms with van der Waals surface area (Å²) in [6, 6.07) is 0. The smallest absolute Gasteiger partial charge is 0.267 e. The van der Waals surface area contributed by atoms with Gasteiger partial charge in [-0.15, -0.1) is 4.68 Å². The molecule has 0 aliphatic carbocycles. The molecule has 1 aromatic heterocycles. The highest BCUT2D eigenvalue weighted by Crippen LogP contribution is 1.76. The Labute approximate surface area is 59.1 Å². The van der Waals surface area contributed by atoms with Crippen molar-refractivity contribution in [3.8, 4) is 0 Å². The van der Waals surface area contributed by atoms with Crippen LogP contribution < -0.4 is 9.99 Å². The lowest BCUT2D eigenvalue weighted by Crippen LogP contribution is -2.26. The van der Waals surface area contributed by atoms with Crippen molar-refractivity contribution in [2.24, 2.45) is 7.05 Å². The predicted octanol–water partition coefficient (Wildman–Crippen LogP) is -0.597. The molecule has 0 radical (unpaired) electrons. The van der Waals surface area contributed by atoms with Crippen LogP contribution in [0, 0.1) is 0 Å². The van der Waals surface area contributed by atoms with Crippen LogP contribution in [0.25, 0.3) is 0 Å². The monoisotopic (exact) mass is 140 g/mol. The Hall–Kier alpha value is -1.32. The van der Waals surface area contributed by atoms with E-state index in [2.05, 4.69) is 5.43 Å². The van der Waals surface area contributed by atoms with E-state index in [0.717, 1.165) is 0 Å². The van der Waals surface area contributed by atoms with Gasteiger partial charge in [-0.3, -0.25) is 4.79 Å². The Kier molecular flexibility index (Phi) is 1.71. The second-order valence-corrected chi connectivity index (χ2v) is 2.15. The minimum atomic E-state index is -0.0730. The predicted molar refractivity (Wildman–Crippen MR) is 35.6 cm³/mol. The van der Waals surface area contributed by atoms with Gasteiger partial charge in [-0.1, -0.05) is 0 Å². The highest BCUT2D eigenvalue weighted by molar-refractivity contribution is 5.80. The number of imidazole rings is 1. The van der Waals surface area contributed by atoms with E-state index >= 15 is 0 Å². The molecule has 1 heterocycles. The fraction of sp³-hybridized carbons (Fsp3) is 0.333. The van der Waals surface area contributed by atoms with E-state index in [1.165, 1.54) is 6.92 Å². The first kappa shape index (κ1) is 6.80. The Morgan fingerprint density at radius 3 is 2.80 bits per heavy atom. The molecule has 4 heteroatoms. The van der Waals surface area contributed by atoms with Gasteiger partial charge in [0.15, 0.2) is 6.20 Å². The van der Waals surface area contributed by atoms with Crippen LogP contribution in [0.2, 0.25) is 0 Å². The van der Waals surface area contributed by atoms with E-state index in [1.54, 1.807) is 17.2 Å². The quantitative estimate of drug-likeness (QED) is 0.520. The van der Waals surface area contributed by atoms with Gasteiger partial charge in [0.05, 0.1) is 7.05 Å². The molecule has 0 aliphatic rings. The standard InChI is InChI=1S/C6H9N3O/c1-6(10)7-9-4-3-8(2)5-9/h3-5H,1-2H3/p+1. The third-order valence-corrected chi connectivity index (χ3v) is 1.06. The fourth-order valence-corrected chi connectivity index (χ4v) is 0.698. The first-order valence-electron chi connectivity index (χ1n) is 2.99. The summed E-state index contributed by atoms with van der Waals surface area (Å²) in [6.07, 6.45) is 5.37. The fourth-order valence-electron chi connectivity index (χ4n) is 0.698. The lowest BCUT2D eigenvalue weighted by Gasteiger charge is -1.91. The molecule has 1 aromatic rings. The molecule has 0 saturated carbocycles. The Morgan fingerprint density at radius 1 is 1.70 bits per heavy atom. The van der Waals surface area contributed by atoms with E-state index in [4.69, 9.17) is 0 Å². The number of hydrogen-bond donors (Lipinski definition) is 1. The van der Waals surface area contributed by atoms with Gasteiger partial charge >= 0.3 is 0 Å². The average Bonchev–Trinajstić information content (AvgIpc) is 2.13. The number of carbonyl (C=O) groups excluding carboxylic acids is 1. The number of nitrogens with zero attached hydrogens (tertiary/aromatic N) is 2. The van der Waals surface area contributed by atoms with Crippen molar-refractivity contribution in [1.82, 2.24) is 4.68 Å². The molecule has 1 rings (SSSR count). The minimum absolute atomic E-state index is 0.0730. The Balaban J connectivity index is 2.67. The van der Waals surface area contributed by atoms with Crippen molar-refractivity contribution in [2.45, 2.75) is 6.92 Å². The van der Waals surface area contributed by atoms with E-state index in [9.17, 15) is 4.79 Å². The number of rotatable bonds is 1. The number of hydrogen-bond acceptors (Lipinski definition) is 1. The van der Waals surface area contributed by atoms with Gasteiger partial charge < -0.3 is 0 Å². The van der Waals surface area contributed by atoms with Gasteiger partial charge in [0, 0.05) is 6.92 Å². The number of nitrogens with one attached hydrogen (secondary N) is 1. The van der Waals surface area contributed by atoms with Crippen LogP contribution in [0.5, 0.6) is 0 Å². The summed E-state index contributed by atoms with van der Waals surface area (Å²) in [4.78, 5) is 10.5. The third kappa shape index (κ3) is 1.58.